The van der Waals surface area contributed by atoms with Gasteiger partial charge in [0.1, 0.15) is 10.3 Å². The van der Waals surface area contributed by atoms with E-state index in [0.29, 0.717) is 42.3 Å². The smallest absolute Gasteiger partial charge is 0.220 e. The zero-order valence-corrected chi connectivity index (χ0v) is 27.6. The molecule has 2 aromatic heterocycles. The highest BCUT2D eigenvalue weighted by Gasteiger charge is 2.31. The lowest BCUT2D eigenvalue weighted by Crippen LogP contribution is -2.36. The van der Waals surface area contributed by atoms with E-state index in [4.69, 9.17) is 9.97 Å². The number of piperidine rings is 1. The molecule has 1 amide bonds. The summed E-state index contributed by atoms with van der Waals surface area (Å²) in [6.45, 7) is 9.98. The topological polar surface area (TPSA) is 112 Å². The van der Waals surface area contributed by atoms with E-state index in [-0.39, 0.29) is 40.8 Å². The van der Waals surface area contributed by atoms with Crippen molar-refractivity contribution in [3.63, 3.8) is 0 Å². The summed E-state index contributed by atoms with van der Waals surface area (Å²) in [5, 5.41) is 13.3. The summed E-state index contributed by atoms with van der Waals surface area (Å²) in [7, 11) is 0. The first-order chi connectivity index (χ1) is 21.5. The molecule has 3 atom stereocenters. The monoisotopic (exact) mass is 630 g/mol. The number of Topliss-reactive ketones (excluding diaryl/α,β-unsaturated/α-hetero) is 2. The summed E-state index contributed by atoms with van der Waals surface area (Å²) in [4.78, 5) is 51.7. The van der Waals surface area contributed by atoms with Gasteiger partial charge in [0.25, 0.3) is 0 Å². The molecule has 8 nitrogen and oxygen atoms in total. The van der Waals surface area contributed by atoms with E-state index in [9.17, 15) is 19.5 Å². The number of hydrogen-bond acceptors (Lipinski definition) is 8. The molecule has 1 unspecified atom stereocenters. The molecule has 3 aliphatic rings. The number of fused-ring (bicyclic) bond motifs is 2. The molecule has 0 spiro atoms. The number of aromatic nitrogens is 2. The summed E-state index contributed by atoms with van der Waals surface area (Å²) in [5.74, 6) is 0.599. The predicted molar refractivity (Wildman–Crippen MR) is 177 cm³/mol. The predicted octanol–water partition coefficient (Wildman–Crippen LogP) is 5.75. The van der Waals surface area contributed by atoms with Gasteiger partial charge in [-0.05, 0) is 91.5 Å². The highest BCUT2D eigenvalue weighted by Crippen LogP contribution is 2.38. The Morgan fingerprint density at radius 2 is 1.89 bits per heavy atom. The van der Waals surface area contributed by atoms with Crippen LogP contribution in [0.5, 0.6) is 0 Å². The van der Waals surface area contributed by atoms with E-state index in [2.05, 4.69) is 37.1 Å². The SMILES string of the molecule is CC(C)(C)[C@H]1CCc2nc3sc(C(=O)C[C@H](CCN4CCC(O)CC4)c4cccc(C(=O)CC5CNC(=O)C5)c4)nc3cc2C1. The van der Waals surface area contributed by atoms with Crippen molar-refractivity contribution in [2.75, 3.05) is 26.2 Å². The number of rotatable bonds is 10. The number of thiazole rings is 1. The van der Waals surface area contributed by atoms with Crippen molar-refractivity contribution in [3.8, 4) is 0 Å². The van der Waals surface area contributed by atoms with Gasteiger partial charge in [-0.15, -0.1) is 0 Å². The first kappa shape index (κ1) is 32.0. The largest absolute Gasteiger partial charge is 0.393 e. The summed E-state index contributed by atoms with van der Waals surface area (Å²) in [5.41, 5.74) is 5.08. The van der Waals surface area contributed by atoms with Crippen LogP contribution in [0.2, 0.25) is 0 Å². The minimum absolute atomic E-state index is 0.00433. The molecule has 0 bridgehead atoms. The van der Waals surface area contributed by atoms with Crippen LogP contribution >= 0.6 is 11.3 Å². The number of aliphatic hydroxyl groups is 1. The third-order valence-electron chi connectivity index (χ3n) is 10.2. The third kappa shape index (κ3) is 7.69. The molecule has 0 radical (unpaired) electrons. The van der Waals surface area contributed by atoms with Crippen LogP contribution in [-0.4, -0.2) is 69.7 Å². The number of pyridine rings is 1. The summed E-state index contributed by atoms with van der Waals surface area (Å²) < 4.78 is 0. The maximum absolute atomic E-state index is 13.8. The fourth-order valence-electron chi connectivity index (χ4n) is 7.21. The van der Waals surface area contributed by atoms with Gasteiger partial charge < -0.3 is 15.3 Å². The Morgan fingerprint density at radius 3 is 2.62 bits per heavy atom. The maximum Gasteiger partial charge on any atom is 0.220 e. The molecular weight excluding hydrogens is 584 g/mol. The molecule has 3 aromatic rings. The Kier molecular flexibility index (Phi) is 9.50. The Hall–Kier alpha value is -3.01. The first-order valence-electron chi connectivity index (χ1n) is 16.6. The number of amides is 1. The highest BCUT2D eigenvalue weighted by molar-refractivity contribution is 7.19. The van der Waals surface area contributed by atoms with Gasteiger partial charge in [-0.3, -0.25) is 14.4 Å². The number of ketones is 2. The molecular formula is C36H46N4O4S. The van der Waals surface area contributed by atoms with Crippen LogP contribution < -0.4 is 5.32 Å². The van der Waals surface area contributed by atoms with Gasteiger partial charge in [0, 0.05) is 50.2 Å². The molecule has 9 heteroatoms. The number of nitrogens with zero attached hydrogens (tertiary/aromatic N) is 3. The van der Waals surface area contributed by atoms with Crippen LogP contribution in [-0.2, 0) is 17.6 Å². The lowest BCUT2D eigenvalue weighted by Gasteiger charge is -2.34. The van der Waals surface area contributed by atoms with Crippen LogP contribution in [0.1, 0.15) is 109 Å². The average molecular weight is 631 g/mol. The lowest BCUT2D eigenvalue weighted by molar-refractivity contribution is -0.119. The van der Waals surface area contributed by atoms with Crippen molar-refractivity contribution in [2.24, 2.45) is 17.3 Å². The van der Waals surface area contributed by atoms with Crippen molar-refractivity contribution < 1.29 is 19.5 Å². The molecule has 45 heavy (non-hydrogen) atoms. The molecule has 240 valence electrons. The fourth-order valence-corrected chi connectivity index (χ4v) is 8.09. The van der Waals surface area contributed by atoms with Gasteiger partial charge in [-0.1, -0.05) is 50.3 Å². The van der Waals surface area contributed by atoms with Crippen LogP contribution in [0.4, 0.5) is 0 Å². The van der Waals surface area contributed by atoms with E-state index >= 15 is 0 Å². The van der Waals surface area contributed by atoms with Crippen LogP contribution in [0.15, 0.2) is 30.3 Å². The van der Waals surface area contributed by atoms with Crippen molar-refractivity contribution in [3.05, 3.63) is 57.7 Å². The second kappa shape index (κ2) is 13.4. The Balaban J connectivity index is 1.20. The number of carbonyl (C=O) groups is 3. The normalized spacial score (nSPS) is 21.9. The van der Waals surface area contributed by atoms with Gasteiger partial charge in [0.2, 0.25) is 5.91 Å². The Labute approximate surface area is 270 Å². The maximum atomic E-state index is 13.8. The van der Waals surface area contributed by atoms with Crippen molar-refractivity contribution in [2.45, 2.75) is 90.6 Å². The van der Waals surface area contributed by atoms with Gasteiger partial charge >= 0.3 is 0 Å². The minimum Gasteiger partial charge on any atom is -0.393 e. The van der Waals surface area contributed by atoms with Crippen LogP contribution in [0.25, 0.3) is 10.3 Å². The van der Waals surface area contributed by atoms with E-state index < -0.39 is 0 Å². The quantitative estimate of drug-likeness (QED) is 0.274. The number of hydrogen-bond donors (Lipinski definition) is 2. The van der Waals surface area contributed by atoms with Crippen LogP contribution in [0, 0.1) is 17.3 Å². The summed E-state index contributed by atoms with van der Waals surface area (Å²) in [6, 6.07) is 9.88. The molecule has 2 N–H and O–H groups in total. The molecule has 4 heterocycles. The van der Waals surface area contributed by atoms with Gasteiger partial charge in [-0.25, -0.2) is 9.97 Å². The summed E-state index contributed by atoms with van der Waals surface area (Å²) in [6.07, 6.45) is 6.21. The third-order valence-corrected chi connectivity index (χ3v) is 11.2. The molecule has 2 saturated heterocycles. The van der Waals surface area contributed by atoms with E-state index in [1.54, 1.807) is 0 Å². The molecule has 2 fully saturated rings. The zero-order chi connectivity index (χ0) is 31.7. The van der Waals surface area contributed by atoms with Crippen molar-refractivity contribution >= 4 is 39.2 Å². The zero-order valence-electron chi connectivity index (χ0n) is 26.8. The Morgan fingerprint density at radius 1 is 1.09 bits per heavy atom. The molecule has 2 aliphatic heterocycles. The van der Waals surface area contributed by atoms with Gasteiger partial charge in [0.05, 0.1) is 6.10 Å². The number of aliphatic hydroxyl groups excluding tert-OH is 1. The van der Waals surface area contributed by atoms with Crippen LogP contribution in [0.3, 0.4) is 0 Å². The standard InChI is InChI=1S/C36H46N4O4S/c1-36(2,3)27-7-8-29-26(18-27)19-30-34(38-29)45-35(39-30)32(43)20-24(9-12-40-13-10-28(41)11-14-40)23-5-4-6-25(17-23)31(42)15-22-16-33(44)37-21-22/h4-6,17,19,22,24,27-28,41H,7-16,18,20-21H2,1-3H3,(H,37,44)/t22?,24-,27-/m0/s1. The first-order valence-corrected chi connectivity index (χ1v) is 17.5. The molecule has 6 rings (SSSR count). The minimum atomic E-state index is -0.232. The van der Waals surface area contributed by atoms with E-state index in [1.807, 2.05) is 24.3 Å². The summed E-state index contributed by atoms with van der Waals surface area (Å²) >= 11 is 1.40. The number of likely N-dealkylation sites (tertiary alicyclic amines) is 1. The van der Waals surface area contributed by atoms with E-state index in [1.165, 1.54) is 16.9 Å². The van der Waals surface area contributed by atoms with Crippen molar-refractivity contribution in [1.29, 1.82) is 0 Å². The fraction of sp³-hybridized carbons (Fsp3) is 0.583. The van der Waals surface area contributed by atoms with Gasteiger partial charge in [-0.2, -0.15) is 0 Å². The molecule has 1 aliphatic carbocycles. The van der Waals surface area contributed by atoms with E-state index in [0.717, 1.165) is 79.8 Å². The Bertz CT molecular complexity index is 1570. The number of aryl methyl sites for hydroxylation is 1. The highest BCUT2D eigenvalue weighted by atomic mass is 32.1. The molecule has 0 saturated carbocycles. The molecule has 1 aromatic carbocycles. The second-order valence-electron chi connectivity index (χ2n) is 14.6. The number of carbonyl (C=O) groups excluding carboxylic acids is 3. The number of nitrogens with one attached hydrogen (secondary N) is 1. The van der Waals surface area contributed by atoms with Crippen molar-refractivity contribution in [1.82, 2.24) is 20.2 Å². The average Bonchev–Trinajstić information content (AvgIpc) is 3.63. The second-order valence-corrected chi connectivity index (χ2v) is 15.5. The number of benzene rings is 1. The lowest BCUT2D eigenvalue weighted by atomic mass is 9.71. The van der Waals surface area contributed by atoms with Gasteiger partial charge in [0.15, 0.2) is 16.6 Å².